The lowest BCUT2D eigenvalue weighted by atomic mass is 9.99. The molecule has 3 unspecified atom stereocenters. The van der Waals surface area contributed by atoms with Gasteiger partial charge in [0.05, 0.1) is 22.6 Å². The van der Waals surface area contributed by atoms with Gasteiger partial charge >= 0.3 is 6.09 Å². The van der Waals surface area contributed by atoms with Gasteiger partial charge < -0.3 is 30.1 Å². The summed E-state index contributed by atoms with van der Waals surface area (Å²) in [5, 5.41) is 7.16. The van der Waals surface area contributed by atoms with Gasteiger partial charge in [0, 0.05) is 50.2 Å². The number of ether oxygens (including phenoxy) is 1. The summed E-state index contributed by atoms with van der Waals surface area (Å²) in [5.41, 5.74) is 3.73. The predicted molar refractivity (Wildman–Crippen MR) is 206 cm³/mol. The number of hydrogen-bond acceptors (Lipinski definition) is 6. The first-order valence-electron chi connectivity index (χ1n) is 18.3. The number of likely N-dealkylation sites (tertiary alicyclic amines) is 1. The predicted octanol–water partition coefficient (Wildman–Crippen LogP) is 6.35. The topological polar surface area (TPSA) is 111 Å². The van der Waals surface area contributed by atoms with Crippen LogP contribution in [-0.2, 0) is 20.7 Å². The molecule has 0 radical (unpaired) electrons. The molecule has 53 heavy (non-hydrogen) atoms. The number of amides is 4. The highest BCUT2D eigenvalue weighted by atomic mass is 35.5. The Morgan fingerprint density at radius 2 is 1.58 bits per heavy atom. The smallest absolute Gasteiger partial charge is 0.408 e. The van der Waals surface area contributed by atoms with Crippen molar-refractivity contribution in [2.24, 2.45) is 5.92 Å². The Labute approximate surface area is 322 Å². The van der Waals surface area contributed by atoms with Gasteiger partial charge in [-0.15, -0.1) is 0 Å². The zero-order valence-electron chi connectivity index (χ0n) is 31.0. The molecule has 282 valence electrons. The molecule has 12 heteroatoms. The molecule has 0 spiro atoms. The number of nitrogens with one attached hydrogen (secondary N) is 2. The number of benzene rings is 3. The first-order chi connectivity index (χ1) is 25.1. The molecule has 2 aliphatic heterocycles. The zero-order valence-corrected chi connectivity index (χ0v) is 32.5. The lowest BCUT2D eigenvalue weighted by Gasteiger charge is -2.42. The van der Waals surface area contributed by atoms with Crippen LogP contribution < -0.4 is 10.6 Å². The molecular formula is C41H49Cl2N5O5. The summed E-state index contributed by atoms with van der Waals surface area (Å²) in [4.78, 5) is 59.9. The number of rotatable bonds is 9. The van der Waals surface area contributed by atoms with Crippen LogP contribution in [0.15, 0.2) is 66.7 Å². The van der Waals surface area contributed by atoms with Gasteiger partial charge in [-0.3, -0.25) is 14.4 Å². The normalized spacial score (nSPS) is 21.8. The summed E-state index contributed by atoms with van der Waals surface area (Å²) >= 11 is 12.7. The molecule has 4 amide bonds. The van der Waals surface area contributed by atoms with Crippen molar-refractivity contribution < 1.29 is 23.9 Å². The van der Waals surface area contributed by atoms with Crippen LogP contribution in [0.1, 0.15) is 72.3 Å². The van der Waals surface area contributed by atoms with E-state index in [4.69, 9.17) is 27.9 Å². The van der Waals surface area contributed by atoms with E-state index >= 15 is 0 Å². The number of piperidine rings is 1. The third-order valence-corrected chi connectivity index (χ3v) is 11.1. The lowest BCUT2D eigenvalue weighted by molar-refractivity contribution is -0.137. The maximum Gasteiger partial charge on any atom is 0.408 e. The summed E-state index contributed by atoms with van der Waals surface area (Å²) in [6.45, 7) is 11.1. The molecule has 6 rings (SSSR count). The van der Waals surface area contributed by atoms with Gasteiger partial charge in [0.15, 0.2) is 0 Å². The van der Waals surface area contributed by atoms with Crippen LogP contribution in [0.3, 0.4) is 0 Å². The van der Waals surface area contributed by atoms with Crippen molar-refractivity contribution in [2.45, 2.75) is 83.6 Å². The standard InChI is InChI=1S/C41H49Cl2N5O5/c1-25-15-26(2)17-29(16-25)38(50)46-13-14-47(36(24-46)28-11-12-32(42)33(43)20-28)37(49)22-44-34-21-31-19-30(34)23-48(31)39(51)35(18-27-9-7-6-8-10-27)45-40(52)53-41(3,4)5/h6-12,15-17,20,30-31,34-36,44H,13-14,18-19,21-24H2,1-5H3,(H,45,52)/t30?,31?,34?,35-,36+/m1/s1. The highest BCUT2D eigenvalue weighted by Gasteiger charge is 2.48. The van der Waals surface area contributed by atoms with Crippen LogP contribution >= 0.6 is 23.2 Å². The van der Waals surface area contributed by atoms with Crippen molar-refractivity contribution >= 4 is 47.0 Å². The Kier molecular flexibility index (Phi) is 11.7. The average molecular weight is 763 g/mol. The van der Waals surface area contributed by atoms with Crippen molar-refractivity contribution in [3.05, 3.63) is 105 Å². The van der Waals surface area contributed by atoms with Crippen molar-refractivity contribution in [1.82, 2.24) is 25.3 Å². The Hall–Kier alpha value is -4.12. The molecule has 2 bridgehead atoms. The first kappa shape index (κ1) is 38.6. The number of alkyl carbamates (subject to hydrolysis) is 1. The van der Waals surface area contributed by atoms with Crippen molar-refractivity contribution in [2.75, 3.05) is 32.7 Å². The molecule has 10 nitrogen and oxygen atoms in total. The lowest BCUT2D eigenvalue weighted by Crippen LogP contribution is -2.56. The van der Waals surface area contributed by atoms with E-state index in [0.29, 0.717) is 54.6 Å². The fourth-order valence-electron chi connectivity index (χ4n) is 8.04. The fraction of sp³-hybridized carbons (Fsp3) is 0.463. The van der Waals surface area contributed by atoms with E-state index < -0.39 is 23.8 Å². The zero-order chi connectivity index (χ0) is 38.0. The molecule has 2 saturated heterocycles. The molecular weight excluding hydrogens is 713 g/mol. The van der Waals surface area contributed by atoms with E-state index in [9.17, 15) is 19.2 Å². The van der Waals surface area contributed by atoms with E-state index in [0.717, 1.165) is 28.7 Å². The third-order valence-electron chi connectivity index (χ3n) is 10.4. The average Bonchev–Trinajstić information content (AvgIpc) is 3.71. The number of piperazine rings is 1. The van der Waals surface area contributed by atoms with Gasteiger partial charge in [-0.25, -0.2) is 4.79 Å². The van der Waals surface area contributed by atoms with Gasteiger partial charge in [-0.05, 0) is 88.8 Å². The van der Waals surface area contributed by atoms with Crippen molar-refractivity contribution in [3.63, 3.8) is 0 Å². The summed E-state index contributed by atoms with van der Waals surface area (Å²) in [6, 6.07) is 19.7. The van der Waals surface area contributed by atoms with E-state index in [-0.39, 0.29) is 42.3 Å². The second-order valence-electron chi connectivity index (χ2n) is 15.7. The van der Waals surface area contributed by atoms with Gasteiger partial charge in [0.25, 0.3) is 5.91 Å². The molecule has 3 aliphatic rings. The van der Waals surface area contributed by atoms with Crippen LogP contribution in [0, 0.1) is 19.8 Å². The van der Waals surface area contributed by atoms with Crippen LogP contribution in [-0.4, -0.2) is 95.0 Å². The van der Waals surface area contributed by atoms with Crippen LogP contribution in [0.5, 0.6) is 0 Å². The molecule has 3 fully saturated rings. The summed E-state index contributed by atoms with van der Waals surface area (Å²) in [7, 11) is 0. The Balaban J connectivity index is 1.10. The Bertz CT molecular complexity index is 1830. The highest BCUT2D eigenvalue weighted by molar-refractivity contribution is 6.42. The number of nitrogens with zero attached hydrogens (tertiary/aromatic N) is 3. The molecule has 2 heterocycles. The molecule has 1 saturated carbocycles. The SMILES string of the molecule is Cc1cc(C)cc(C(=O)N2CCN(C(=O)CNC3CC4CC3CN4C(=O)[C@@H](Cc3ccccc3)NC(=O)OC(C)(C)C)[C@H](c3ccc(Cl)c(Cl)c3)C2)c1. The summed E-state index contributed by atoms with van der Waals surface area (Å²) in [5.74, 6) is -0.0894. The molecule has 5 atom stereocenters. The Morgan fingerprint density at radius 1 is 0.868 bits per heavy atom. The highest BCUT2D eigenvalue weighted by Crippen LogP contribution is 2.39. The van der Waals surface area contributed by atoms with E-state index in [2.05, 4.69) is 10.6 Å². The number of hydrogen-bond donors (Lipinski definition) is 2. The second-order valence-corrected chi connectivity index (χ2v) is 16.5. The molecule has 1 aliphatic carbocycles. The molecule has 3 aromatic carbocycles. The molecule has 2 N–H and O–H groups in total. The molecule has 0 aromatic heterocycles. The monoisotopic (exact) mass is 761 g/mol. The maximum absolute atomic E-state index is 14.0. The minimum atomic E-state index is -0.765. The molecule has 3 aromatic rings. The van der Waals surface area contributed by atoms with Crippen LogP contribution in [0.25, 0.3) is 0 Å². The minimum Gasteiger partial charge on any atom is -0.444 e. The van der Waals surface area contributed by atoms with E-state index in [1.165, 1.54) is 0 Å². The van der Waals surface area contributed by atoms with E-state index in [1.54, 1.807) is 32.9 Å². The van der Waals surface area contributed by atoms with Crippen molar-refractivity contribution in [1.29, 1.82) is 0 Å². The largest absolute Gasteiger partial charge is 0.444 e. The first-order valence-corrected chi connectivity index (χ1v) is 19.1. The minimum absolute atomic E-state index is 0.00240. The van der Waals surface area contributed by atoms with Gasteiger partial charge in [-0.1, -0.05) is 76.8 Å². The van der Waals surface area contributed by atoms with Gasteiger partial charge in [0.1, 0.15) is 11.6 Å². The van der Waals surface area contributed by atoms with Crippen molar-refractivity contribution in [3.8, 4) is 0 Å². The van der Waals surface area contributed by atoms with Gasteiger partial charge in [-0.2, -0.15) is 0 Å². The fourth-order valence-corrected chi connectivity index (χ4v) is 8.35. The van der Waals surface area contributed by atoms with Gasteiger partial charge in [0.2, 0.25) is 11.8 Å². The van der Waals surface area contributed by atoms with Crippen LogP contribution in [0.2, 0.25) is 10.0 Å². The maximum atomic E-state index is 14.0. The van der Waals surface area contributed by atoms with E-state index in [1.807, 2.05) is 83.1 Å². The number of carbonyl (C=O) groups is 4. The summed E-state index contributed by atoms with van der Waals surface area (Å²) < 4.78 is 5.50. The number of carbonyl (C=O) groups excluding carboxylic acids is 4. The summed E-state index contributed by atoms with van der Waals surface area (Å²) in [6.07, 6.45) is 1.27. The second kappa shape index (κ2) is 16.1. The number of aryl methyl sites for hydroxylation is 2. The third kappa shape index (κ3) is 9.34. The van der Waals surface area contributed by atoms with Crippen LogP contribution in [0.4, 0.5) is 4.79 Å². The number of fused-ring (bicyclic) bond motifs is 2. The quantitative estimate of drug-likeness (QED) is 0.263. The Morgan fingerprint density at radius 3 is 2.23 bits per heavy atom. The number of halogens is 2.